The fourth-order valence-corrected chi connectivity index (χ4v) is 2.97. The van der Waals surface area contributed by atoms with Gasteiger partial charge in [-0.25, -0.2) is 0 Å². The largest absolute Gasteiger partial charge is 0.481 e. The van der Waals surface area contributed by atoms with Crippen LogP contribution in [0, 0.1) is 5.92 Å². The Bertz CT molecular complexity index is 561. The van der Waals surface area contributed by atoms with Gasteiger partial charge in [-0.1, -0.05) is 0 Å². The quantitative estimate of drug-likeness (QED) is 0.886. The molecule has 1 fully saturated rings. The van der Waals surface area contributed by atoms with Crippen molar-refractivity contribution in [3.63, 3.8) is 0 Å². The molecule has 2 atom stereocenters. The number of amides is 1. The van der Waals surface area contributed by atoms with Gasteiger partial charge in [0.1, 0.15) is 0 Å². The SMILES string of the molecule is COCCn1cc([C@@H]2[C@H](C(=O)O)CC(=O)N2C(C)(C)C)cn1. The number of likely N-dealkylation sites (tertiary alicyclic amines) is 1. The van der Waals surface area contributed by atoms with Gasteiger partial charge in [0.2, 0.25) is 5.91 Å². The molecule has 1 saturated heterocycles. The standard InChI is InChI=1S/C15H23N3O4/c1-15(2,3)18-12(19)7-11(14(20)21)13(18)10-8-16-17(9-10)5-6-22-4/h8-9,11,13H,5-7H2,1-4H3,(H,20,21)/t11-,13-/m1/s1. The summed E-state index contributed by atoms with van der Waals surface area (Å²) in [5.41, 5.74) is 0.310. The molecule has 2 heterocycles. The van der Waals surface area contributed by atoms with Crippen LogP contribution < -0.4 is 0 Å². The third-order valence-electron chi connectivity index (χ3n) is 3.88. The molecular weight excluding hydrogens is 286 g/mol. The average molecular weight is 309 g/mol. The molecule has 1 N–H and O–H groups in total. The predicted molar refractivity (Wildman–Crippen MR) is 79.2 cm³/mol. The summed E-state index contributed by atoms with van der Waals surface area (Å²) in [4.78, 5) is 25.5. The Kier molecular flexibility index (Phi) is 4.55. The minimum Gasteiger partial charge on any atom is -0.481 e. The van der Waals surface area contributed by atoms with E-state index in [0.29, 0.717) is 13.2 Å². The maximum absolute atomic E-state index is 12.3. The van der Waals surface area contributed by atoms with Gasteiger partial charge in [0.25, 0.3) is 0 Å². The molecule has 22 heavy (non-hydrogen) atoms. The number of aromatic nitrogens is 2. The number of carbonyl (C=O) groups excluding carboxylic acids is 1. The minimum absolute atomic E-state index is 0.0283. The summed E-state index contributed by atoms with van der Waals surface area (Å²) in [6.07, 6.45) is 3.48. The number of ether oxygens (including phenoxy) is 1. The van der Waals surface area contributed by atoms with E-state index in [9.17, 15) is 14.7 Å². The number of carbonyl (C=O) groups is 2. The number of nitrogens with zero attached hydrogens (tertiary/aromatic N) is 3. The molecule has 1 aliphatic rings. The van der Waals surface area contributed by atoms with E-state index < -0.39 is 23.5 Å². The lowest BCUT2D eigenvalue weighted by Crippen LogP contribution is -2.44. The van der Waals surface area contributed by atoms with Gasteiger partial charge >= 0.3 is 5.97 Å². The lowest BCUT2D eigenvalue weighted by Gasteiger charge is -2.37. The summed E-state index contributed by atoms with van der Waals surface area (Å²) in [5.74, 6) is -1.82. The highest BCUT2D eigenvalue weighted by Gasteiger charge is 2.49. The second-order valence-corrected chi connectivity index (χ2v) is 6.56. The fraction of sp³-hybridized carbons (Fsp3) is 0.667. The molecule has 2 rings (SSSR count). The Hall–Kier alpha value is -1.89. The molecule has 1 aliphatic heterocycles. The fourth-order valence-electron chi connectivity index (χ4n) is 2.97. The van der Waals surface area contributed by atoms with Crippen LogP contribution in [0.5, 0.6) is 0 Å². The topological polar surface area (TPSA) is 84.7 Å². The minimum atomic E-state index is -0.949. The molecule has 7 nitrogen and oxygen atoms in total. The van der Waals surface area contributed by atoms with Crippen molar-refractivity contribution in [1.29, 1.82) is 0 Å². The van der Waals surface area contributed by atoms with E-state index in [2.05, 4.69) is 5.10 Å². The van der Waals surface area contributed by atoms with Crippen LogP contribution in [0.1, 0.15) is 38.8 Å². The van der Waals surface area contributed by atoms with Gasteiger partial charge in [0.05, 0.1) is 31.3 Å². The molecule has 122 valence electrons. The average Bonchev–Trinajstić information content (AvgIpc) is 2.99. The summed E-state index contributed by atoms with van der Waals surface area (Å²) in [6, 6.07) is -0.485. The number of carboxylic acids is 1. The number of aliphatic carboxylic acids is 1. The highest BCUT2D eigenvalue weighted by Crippen LogP contribution is 2.42. The van der Waals surface area contributed by atoms with Crippen LogP contribution in [-0.4, -0.2) is 50.9 Å². The number of rotatable bonds is 5. The predicted octanol–water partition coefficient (Wildman–Crippen LogP) is 1.30. The van der Waals surface area contributed by atoms with Crippen LogP contribution in [0.3, 0.4) is 0 Å². The molecule has 7 heteroatoms. The summed E-state index contributed by atoms with van der Waals surface area (Å²) < 4.78 is 6.72. The summed E-state index contributed by atoms with van der Waals surface area (Å²) >= 11 is 0. The second kappa shape index (κ2) is 6.08. The zero-order chi connectivity index (χ0) is 16.5. The third kappa shape index (κ3) is 3.14. The molecule has 0 bridgehead atoms. The Morgan fingerprint density at radius 2 is 2.18 bits per heavy atom. The van der Waals surface area contributed by atoms with Gasteiger partial charge in [-0.05, 0) is 20.8 Å². The van der Waals surface area contributed by atoms with Crippen LogP contribution in [-0.2, 0) is 20.9 Å². The van der Waals surface area contributed by atoms with E-state index in [1.54, 1.807) is 29.1 Å². The molecular formula is C15H23N3O4. The van der Waals surface area contributed by atoms with Crippen LogP contribution in [0.25, 0.3) is 0 Å². The molecule has 0 aromatic carbocycles. The van der Waals surface area contributed by atoms with Crippen molar-refractivity contribution < 1.29 is 19.4 Å². The zero-order valence-electron chi connectivity index (χ0n) is 13.4. The second-order valence-electron chi connectivity index (χ2n) is 6.56. The molecule has 1 aromatic heterocycles. The summed E-state index contributed by atoms with van der Waals surface area (Å²) in [7, 11) is 1.61. The van der Waals surface area contributed by atoms with Gasteiger partial charge < -0.3 is 14.7 Å². The van der Waals surface area contributed by atoms with E-state index in [0.717, 1.165) is 5.56 Å². The first-order chi connectivity index (χ1) is 10.3. The van der Waals surface area contributed by atoms with Gasteiger partial charge in [-0.3, -0.25) is 14.3 Å². The monoisotopic (exact) mass is 309 g/mol. The van der Waals surface area contributed by atoms with Crippen molar-refractivity contribution in [3.05, 3.63) is 18.0 Å². The molecule has 1 aromatic rings. The van der Waals surface area contributed by atoms with Crippen LogP contribution in [0.15, 0.2) is 12.4 Å². The smallest absolute Gasteiger partial charge is 0.309 e. The molecule has 0 aliphatic carbocycles. The first-order valence-electron chi connectivity index (χ1n) is 7.32. The maximum Gasteiger partial charge on any atom is 0.309 e. The third-order valence-corrected chi connectivity index (χ3v) is 3.88. The number of methoxy groups -OCH3 is 1. The number of hydrogen-bond acceptors (Lipinski definition) is 4. The molecule has 1 amide bonds. The first-order valence-corrected chi connectivity index (χ1v) is 7.32. The van der Waals surface area contributed by atoms with Gasteiger partial charge in [0, 0.05) is 30.8 Å². The zero-order valence-corrected chi connectivity index (χ0v) is 13.4. The van der Waals surface area contributed by atoms with Crippen molar-refractivity contribution in [2.75, 3.05) is 13.7 Å². The van der Waals surface area contributed by atoms with Crippen molar-refractivity contribution in [1.82, 2.24) is 14.7 Å². The Morgan fingerprint density at radius 1 is 1.50 bits per heavy atom. The van der Waals surface area contributed by atoms with Gasteiger partial charge in [0.15, 0.2) is 0 Å². The van der Waals surface area contributed by atoms with E-state index in [-0.39, 0.29) is 12.3 Å². The highest BCUT2D eigenvalue weighted by molar-refractivity contribution is 5.87. The van der Waals surface area contributed by atoms with E-state index in [4.69, 9.17) is 4.74 Å². The van der Waals surface area contributed by atoms with Crippen molar-refractivity contribution in [2.45, 2.75) is 45.3 Å². The van der Waals surface area contributed by atoms with Crippen molar-refractivity contribution in [3.8, 4) is 0 Å². The van der Waals surface area contributed by atoms with Crippen molar-refractivity contribution >= 4 is 11.9 Å². The van der Waals surface area contributed by atoms with Crippen LogP contribution in [0.2, 0.25) is 0 Å². The van der Waals surface area contributed by atoms with E-state index in [1.165, 1.54) is 0 Å². The highest BCUT2D eigenvalue weighted by atomic mass is 16.5. The lowest BCUT2D eigenvalue weighted by molar-refractivity contribution is -0.142. The molecule has 0 saturated carbocycles. The lowest BCUT2D eigenvalue weighted by atomic mass is 9.93. The van der Waals surface area contributed by atoms with Crippen LogP contribution in [0.4, 0.5) is 0 Å². The summed E-state index contributed by atoms with van der Waals surface area (Å²) in [5, 5.41) is 13.7. The molecule has 0 radical (unpaired) electrons. The van der Waals surface area contributed by atoms with Crippen molar-refractivity contribution in [2.24, 2.45) is 5.92 Å². The maximum atomic E-state index is 12.3. The first kappa shape index (κ1) is 16.5. The number of carboxylic acid groups (broad SMARTS) is 1. The van der Waals surface area contributed by atoms with E-state index >= 15 is 0 Å². The number of hydrogen-bond donors (Lipinski definition) is 1. The van der Waals surface area contributed by atoms with Crippen LogP contribution >= 0.6 is 0 Å². The van der Waals surface area contributed by atoms with E-state index in [1.807, 2.05) is 20.8 Å². The Balaban J connectivity index is 2.35. The molecule has 0 unspecified atom stereocenters. The summed E-state index contributed by atoms with van der Waals surface area (Å²) in [6.45, 7) is 6.85. The Morgan fingerprint density at radius 3 is 2.73 bits per heavy atom. The van der Waals surface area contributed by atoms with Gasteiger partial charge in [-0.2, -0.15) is 5.10 Å². The Labute approximate surface area is 129 Å². The normalized spacial score (nSPS) is 22.4. The van der Waals surface area contributed by atoms with Gasteiger partial charge in [-0.15, -0.1) is 0 Å². The molecule has 0 spiro atoms.